The molecule has 0 aliphatic rings. The summed E-state index contributed by atoms with van der Waals surface area (Å²) in [6.45, 7) is 2.41. The number of rotatable bonds is 5. The number of anilines is 1. The molecule has 0 spiro atoms. The molecule has 1 atom stereocenters. The van der Waals surface area contributed by atoms with Gasteiger partial charge >= 0.3 is 0 Å². The van der Waals surface area contributed by atoms with Crippen LogP contribution in [0.3, 0.4) is 0 Å². The predicted octanol–water partition coefficient (Wildman–Crippen LogP) is 2.80. The Morgan fingerprint density at radius 3 is 2.88 bits per heavy atom. The van der Waals surface area contributed by atoms with Gasteiger partial charge in [-0.05, 0) is 19.1 Å². The number of nitro benzene ring substituents is 1. The van der Waals surface area contributed by atoms with E-state index in [1.807, 2.05) is 6.92 Å². The average Bonchev–Trinajstić information content (AvgIpc) is 2.25. The van der Waals surface area contributed by atoms with Gasteiger partial charge in [-0.1, -0.05) is 15.9 Å². The highest BCUT2D eigenvalue weighted by atomic mass is 79.9. The summed E-state index contributed by atoms with van der Waals surface area (Å²) >= 11 is 3.28. The lowest BCUT2D eigenvalue weighted by atomic mass is 10.2. The maximum Gasteiger partial charge on any atom is 0.292 e. The van der Waals surface area contributed by atoms with E-state index in [4.69, 9.17) is 4.74 Å². The highest BCUT2D eigenvalue weighted by molar-refractivity contribution is 9.10. The number of methoxy groups -OCH3 is 1. The van der Waals surface area contributed by atoms with E-state index in [0.717, 1.165) is 4.47 Å². The van der Waals surface area contributed by atoms with Crippen molar-refractivity contribution in [3.05, 3.63) is 32.8 Å². The normalized spacial score (nSPS) is 12.2. The number of nitrogens with zero attached hydrogens (tertiary/aromatic N) is 1. The lowest BCUT2D eigenvalue weighted by Gasteiger charge is -2.12. The maximum absolute atomic E-state index is 10.8. The molecule has 1 rings (SSSR count). The van der Waals surface area contributed by atoms with Gasteiger partial charge < -0.3 is 10.1 Å². The van der Waals surface area contributed by atoms with Gasteiger partial charge in [0.05, 0.1) is 11.0 Å². The second kappa shape index (κ2) is 5.81. The van der Waals surface area contributed by atoms with Crippen LogP contribution in [0.2, 0.25) is 0 Å². The Morgan fingerprint density at radius 1 is 1.62 bits per heavy atom. The number of benzene rings is 1. The van der Waals surface area contributed by atoms with Crippen molar-refractivity contribution in [2.24, 2.45) is 0 Å². The minimum Gasteiger partial charge on any atom is -0.380 e. The molecule has 1 N–H and O–H groups in total. The second-order valence-corrected chi connectivity index (χ2v) is 4.26. The van der Waals surface area contributed by atoms with Crippen molar-refractivity contribution in [2.75, 3.05) is 19.0 Å². The predicted molar refractivity (Wildman–Crippen MR) is 65.8 cm³/mol. The number of ether oxygens (including phenoxy) is 1. The van der Waals surface area contributed by atoms with Crippen molar-refractivity contribution in [3.63, 3.8) is 0 Å². The minimum absolute atomic E-state index is 0.00131. The number of halogens is 1. The van der Waals surface area contributed by atoms with Gasteiger partial charge in [-0.25, -0.2) is 0 Å². The van der Waals surface area contributed by atoms with E-state index in [9.17, 15) is 10.1 Å². The lowest BCUT2D eigenvalue weighted by molar-refractivity contribution is -0.384. The third-order valence-corrected chi connectivity index (χ3v) is 2.63. The smallest absolute Gasteiger partial charge is 0.292 e. The van der Waals surface area contributed by atoms with Crippen molar-refractivity contribution in [1.82, 2.24) is 0 Å². The van der Waals surface area contributed by atoms with Crippen LogP contribution in [0, 0.1) is 10.1 Å². The first kappa shape index (κ1) is 12.9. The van der Waals surface area contributed by atoms with Gasteiger partial charge in [0.1, 0.15) is 5.69 Å². The molecule has 0 bridgehead atoms. The van der Waals surface area contributed by atoms with Gasteiger partial charge in [-0.2, -0.15) is 0 Å². The summed E-state index contributed by atoms with van der Waals surface area (Å²) in [5.74, 6) is 0. The Morgan fingerprint density at radius 2 is 2.31 bits per heavy atom. The zero-order chi connectivity index (χ0) is 12.1. The maximum atomic E-state index is 10.8. The Bertz CT molecular complexity index is 384. The second-order valence-electron chi connectivity index (χ2n) is 3.35. The van der Waals surface area contributed by atoms with Crippen molar-refractivity contribution in [2.45, 2.75) is 13.0 Å². The van der Waals surface area contributed by atoms with Crippen LogP contribution < -0.4 is 5.32 Å². The Labute approximate surface area is 102 Å². The Balaban J connectivity index is 2.84. The molecule has 5 nitrogen and oxygen atoms in total. The molecular weight excluding hydrogens is 276 g/mol. The summed E-state index contributed by atoms with van der Waals surface area (Å²) < 4.78 is 5.86. The molecule has 0 fully saturated rings. The van der Waals surface area contributed by atoms with Crippen LogP contribution in [-0.2, 0) is 4.74 Å². The van der Waals surface area contributed by atoms with E-state index in [-0.39, 0.29) is 11.8 Å². The van der Waals surface area contributed by atoms with Gasteiger partial charge in [0.25, 0.3) is 5.69 Å². The molecule has 88 valence electrons. The summed E-state index contributed by atoms with van der Waals surface area (Å²) in [6.07, 6.45) is -0.00131. The molecule has 16 heavy (non-hydrogen) atoms. The summed E-state index contributed by atoms with van der Waals surface area (Å²) in [7, 11) is 1.60. The van der Waals surface area contributed by atoms with Crippen LogP contribution in [0.25, 0.3) is 0 Å². The zero-order valence-electron chi connectivity index (χ0n) is 9.07. The average molecular weight is 289 g/mol. The van der Waals surface area contributed by atoms with E-state index < -0.39 is 4.92 Å². The lowest BCUT2D eigenvalue weighted by Crippen LogP contribution is -2.18. The molecule has 1 aromatic rings. The molecule has 0 aliphatic heterocycles. The first-order chi connectivity index (χ1) is 7.54. The summed E-state index contributed by atoms with van der Waals surface area (Å²) in [5, 5.41) is 13.8. The molecule has 1 aromatic carbocycles. The Kier molecular flexibility index (Phi) is 4.70. The fourth-order valence-electron chi connectivity index (χ4n) is 1.15. The van der Waals surface area contributed by atoms with Crippen molar-refractivity contribution in [1.29, 1.82) is 0 Å². The van der Waals surface area contributed by atoms with Crippen LogP contribution >= 0.6 is 15.9 Å². The molecule has 0 saturated heterocycles. The van der Waals surface area contributed by atoms with E-state index in [1.165, 1.54) is 6.07 Å². The van der Waals surface area contributed by atoms with E-state index in [0.29, 0.717) is 12.2 Å². The topological polar surface area (TPSA) is 64.4 Å². The number of nitrogens with one attached hydrogen (secondary N) is 1. The molecule has 6 heteroatoms. The third-order valence-electron chi connectivity index (χ3n) is 2.14. The monoisotopic (exact) mass is 288 g/mol. The number of nitro groups is 1. The molecule has 0 saturated carbocycles. The van der Waals surface area contributed by atoms with Crippen LogP contribution in [0.5, 0.6) is 0 Å². The first-order valence-corrected chi connectivity index (χ1v) is 5.54. The molecule has 0 radical (unpaired) electrons. The molecule has 0 aliphatic carbocycles. The van der Waals surface area contributed by atoms with E-state index in [2.05, 4.69) is 21.2 Å². The fraction of sp³-hybridized carbons (Fsp3) is 0.400. The van der Waals surface area contributed by atoms with Gasteiger partial charge in [-0.3, -0.25) is 10.1 Å². The quantitative estimate of drug-likeness (QED) is 0.668. The van der Waals surface area contributed by atoms with Crippen LogP contribution in [0.4, 0.5) is 11.4 Å². The van der Waals surface area contributed by atoms with Crippen LogP contribution in [-0.4, -0.2) is 24.7 Å². The van der Waals surface area contributed by atoms with Gasteiger partial charge in [0.2, 0.25) is 0 Å². The van der Waals surface area contributed by atoms with Crippen molar-refractivity contribution < 1.29 is 9.66 Å². The number of hydrogen-bond acceptors (Lipinski definition) is 4. The molecular formula is C10H13BrN2O3. The minimum atomic E-state index is -0.410. The van der Waals surface area contributed by atoms with E-state index in [1.54, 1.807) is 19.2 Å². The first-order valence-electron chi connectivity index (χ1n) is 4.75. The summed E-state index contributed by atoms with van der Waals surface area (Å²) in [4.78, 5) is 10.4. The molecule has 0 aromatic heterocycles. The van der Waals surface area contributed by atoms with E-state index >= 15 is 0 Å². The fourth-order valence-corrected chi connectivity index (χ4v) is 1.51. The highest BCUT2D eigenvalue weighted by Gasteiger charge is 2.13. The van der Waals surface area contributed by atoms with Crippen molar-refractivity contribution in [3.8, 4) is 0 Å². The SMILES string of the molecule is CO[C@@H](C)CNc1cc(Br)ccc1[N+](=O)[O-]. The third kappa shape index (κ3) is 3.46. The zero-order valence-corrected chi connectivity index (χ0v) is 10.7. The van der Waals surface area contributed by atoms with Crippen LogP contribution in [0.1, 0.15) is 6.92 Å². The standard InChI is InChI=1S/C10H13BrN2O3/c1-7(16-2)6-12-9-5-8(11)3-4-10(9)13(14)15/h3-5,7,12H,6H2,1-2H3/t7-/m0/s1. The molecule has 0 unspecified atom stereocenters. The highest BCUT2D eigenvalue weighted by Crippen LogP contribution is 2.27. The summed E-state index contributed by atoms with van der Waals surface area (Å²) in [5.41, 5.74) is 0.551. The summed E-state index contributed by atoms with van der Waals surface area (Å²) in [6, 6.07) is 4.79. The van der Waals surface area contributed by atoms with Gasteiger partial charge in [0, 0.05) is 24.2 Å². The molecule has 0 amide bonds. The largest absolute Gasteiger partial charge is 0.380 e. The van der Waals surface area contributed by atoms with Gasteiger partial charge in [0.15, 0.2) is 0 Å². The van der Waals surface area contributed by atoms with Crippen molar-refractivity contribution >= 4 is 27.3 Å². The van der Waals surface area contributed by atoms with Gasteiger partial charge in [-0.15, -0.1) is 0 Å². The Hall–Kier alpha value is -1.14. The van der Waals surface area contributed by atoms with Crippen LogP contribution in [0.15, 0.2) is 22.7 Å². The molecule has 0 heterocycles. The number of hydrogen-bond donors (Lipinski definition) is 1.